The van der Waals surface area contributed by atoms with Crippen LogP contribution in [-0.2, 0) is 4.79 Å². The SMILES string of the molecule is [CH2]CCCCCCCCCCC(=O)CC. The number of rotatable bonds is 11. The van der Waals surface area contributed by atoms with Gasteiger partial charge in [-0.1, -0.05) is 65.2 Å². The lowest BCUT2D eigenvalue weighted by atomic mass is 10.1. The van der Waals surface area contributed by atoms with Gasteiger partial charge in [0.15, 0.2) is 0 Å². The first-order valence-electron chi connectivity index (χ1n) is 6.62. The lowest BCUT2D eigenvalue weighted by Crippen LogP contribution is -1.94. The molecule has 0 fully saturated rings. The van der Waals surface area contributed by atoms with Crippen molar-refractivity contribution in [1.29, 1.82) is 0 Å². The van der Waals surface area contributed by atoms with Crippen LogP contribution in [0.25, 0.3) is 0 Å². The van der Waals surface area contributed by atoms with Gasteiger partial charge in [0.05, 0.1) is 0 Å². The van der Waals surface area contributed by atoms with Crippen molar-refractivity contribution >= 4 is 5.78 Å². The van der Waals surface area contributed by atoms with E-state index in [9.17, 15) is 4.79 Å². The fraction of sp³-hybridized carbons (Fsp3) is 0.857. The third kappa shape index (κ3) is 11.6. The largest absolute Gasteiger partial charge is 0.300 e. The van der Waals surface area contributed by atoms with Crippen molar-refractivity contribution in [3.63, 3.8) is 0 Å². The number of hydrogen-bond acceptors (Lipinski definition) is 1. The molecule has 0 aromatic heterocycles. The molecule has 0 aliphatic rings. The molecule has 0 aromatic carbocycles. The lowest BCUT2D eigenvalue weighted by molar-refractivity contribution is -0.118. The standard InChI is InChI=1S/C14H27O/c1-3-5-6-7-8-9-10-11-12-13-14(15)4-2/h1,3-13H2,2H3. The molecule has 0 amide bonds. The first-order chi connectivity index (χ1) is 7.31. The Morgan fingerprint density at radius 1 is 0.867 bits per heavy atom. The normalized spacial score (nSPS) is 10.5. The van der Waals surface area contributed by atoms with Crippen LogP contribution in [0.5, 0.6) is 0 Å². The molecule has 89 valence electrons. The van der Waals surface area contributed by atoms with Crippen LogP contribution >= 0.6 is 0 Å². The smallest absolute Gasteiger partial charge is 0.132 e. The molecule has 0 saturated carbocycles. The maximum absolute atomic E-state index is 11.0. The summed E-state index contributed by atoms with van der Waals surface area (Å²) in [7, 11) is 0. The number of hydrogen-bond donors (Lipinski definition) is 0. The highest BCUT2D eigenvalue weighted by Crippen LogP contribution is 2.10. The summed E-state index contributed by atoms with van der Waals surface area (Å²) in [6.07, 6.45) is 12.9. The van der Waals surface area contributed by atoms with E-state index in [0.29, 0.717) is 12.2 Å². The van der Waals surface area contributed by atoms with Crippen LogP contribution in [0.3, 0.4) is 0 Å². The van der Waals surface area contributed by atoms with Crippen molar-refractivity contribution in [3.05, 3.63) is 6.92 Å². The fourth-order valence-electron chi connectivity index (χ4n) is 1.74. The van der Waals surface area contributed by atoms with Crippen LogP contribution < -0.4 is 0 Å². The van der Waals surface area contributed by atoms with Crippen LogP contribution in [0.4, 0.5) is 0 Å². The van der Waals surface area contributed by atoms with Crippen molar-refractivity contribution < 1.29 is 4.79 Å². The summed E-state index contributed by atoms with van der Waals surface area (Å²) in [5.74, 6) is 0.422. The average molecular weight is 211 g/mol. The van der Waals surface area contributed by atoms with Gasteiger partial charge < -0.3 is 0 Å². The minimum absolute atomic E-state index is 0.422. The molecule has 0 saturated heterocycles. The highest BCUT2D eigenvalue weighted by molar-refractivity contribution is 5.77. The van der Waals surface area contributed by atoms with E-state index >= 15 is 0 Å². The van der Waals surface area contributed by atoms with Crippen LogP contribution in [0.1, 0.15) is 77.6 Å². The zero-order chi connectivity index (χ0) is 11.4. The Morgan fingerprint density at radius 3 is 1.80 bits per heavy atom. The van der Waals surface area contributed by atoms with Gasteiger partial charge >= 0.3 is 0 Å². The summed E-state index contributed by atoms with van der Waals surface area (Å²) < 4.78 is 0. The predicted molar refractivity (Wildman–Crippen MR) is 66.8 cm³/mol. The van der Waals surface area contributed by atoms with E-state index in [1.807, 2.05) is 6.92 Å². The maximum atomic E-state index is 11.0. The molecule has 0 rings (SSSR count). The van der Waals surface area contributed by atoms with Crippen molar-refractivity contribution in [2.24, 2.45) is 0 Å². The van der Waals surface area contributed by atoms with E-state index in [0.717, 1.165) is 19.3 Å². The predicted octanol–water partition coefficient (Wildman–Crippen LogP) is 4.70. The molecule has 1 heteroatoms. The summed E-state index contributed by atoms with van der Waals surface area (Å²) in [6.45, 7) is 5.79. The fourth-order valence-corrected chi connectivity index (χ4v) is 1.74. The van der Waals surface area contributed by atoms with Gasteiger partial charge in [-0.3, -0.25) is 4.79 Å². The highest BCUT2D eigenvalue weighted by Gasteiger charge is 1.97. The molecule has 0 atom stereocenters. The van der Waals surface area contributed by atoms with Crippen LogP contribution in [0, 0.1) is 6.92 Å². The van der Waals surface area contributed by atoms with Gasteiger partial charge in [0.25, 0.3) is 0 Å². The van der Waals surface area contributed by atoms with Gasteiger partial charge in [-0.25, -0.2) is 0 Å². The second-order valence-corrected chi connectivity index (χ2v) is 4.32. The van der Waals surface area contributed by atoms with Gasteiger partial charge in [-0.2, -0.15) is 0 Å². The average Bonchev–Trinajstić information content (AvgIpc) is 2.26. The first-order valence-corrected chi connectivity index (χ1v) is 6.62. The highest BCUT2D eigenvalue weighted by atomic mass is 16.1. The molecule has 0 N–H and O–H groups in total. The molecule has 0 bridgehead atoms. The van der Waals surface area contributed by atoms with Gasteiger partial charge in [0, 0.05) is 12.8 Å². The Labute approximate surface area is 95.6 Å². The zero-order valence-corrected chi connectivity index (χ0v) is 10.4. The van der Waals surface area contributed by atoms with Crippen molar-refractivity contribution in [1.82, 2.24) is 0 Å². The third-order valence-corrected chi connectivity index (χ3v) is 2.85. The minimum Gasteiger partial charge on any atom is -0.300 e. The molecule has 0 aliphatic heterocycles. The molecule has 0 unspecified atom stereocenters. The zero-order valence-electron chi connectivity index (χ0n) is 10.4. The Kier molecular flexibility index (Phi) is 11.5. The van der Waals surface area contributed by atoms with Crippen LogP contribution in [-0.4, -0.2) is 5.78 Å². The molecule has 0 spiro atoms. The molecular weight excluding hydrogens is 184 g/mol. The Hall–Kier alpha value is -0.330. The first kappa shape index (κ1) is 14.7. The molecule has 0 aliphatic carbocycles. The van der Waals surface area contributed by atoms with Crippen molar-refractivity contribution in [3.8, 4) is 0 Å². The number of Topliss-reactive ketones (excluding diaryl/α,β-unsaturated/α-hetero) is 1. The summed E-state index contributed by atoms with van der Waals surface area (Å²) in [6, 6.07) is 0. The Morgan fingerprint density at radius 2 is 1.33 bits per heavy atom. The van der Waals surface area contributed by atoms with E-state index in [-0.39, 0.29) is 0 Å². The lowest BCUT2D eigenvalue weighted by Gasteiger charge is -2.01. The van der Waals surface area contributed by atoms with Gasteiger partial charge in [0.1, 0.15) is 5.78 Å². The van der Waals surface area contributed by atoms with Gasteiger partial charge in [-0.15, -0.1) is 0 Å². The summed E-state index contributed by atoms with van der Waals surface area (Å²) in [5, 5.41) is 0. The molecular formula is C14H27O. The van der Waals surface area contributed by atoms with E-state index < -0.39 is 0 Å². The van der Waals surface area contributed by atoms with Crippen LogP contribution in [0.15, 0.2) is 0 Å². The summed E-state index contributed by atoms with van der Waals surface area (Å²) in [5.41, 5.74) is 0. The second kappa shape index (κ2) is 11.7. The molecule has 1 radical (unpaired) electrons. The number of carbonyl (C=O) groups is 1. The second-order valence-electron chi connectivity index (χ2n) is 4.32. The van der Waals surface area contributed by atoms with Crippen molar-refractivity contribution in [2.75, 3.05) is 0 Å². The number of carbonyl (C=O) groups excluding carboxylic acids is 1. The Bertz CT molecular complexity index is 140. The Balaban J connectivity index is 2.95. The topological polar surface area (TPSA) is 17.1 Å². The molecule has 0 aromatic rings. The molecule has 0 heterocycles. The maximum Gasteiger partial charge on any atom is 0.132 e. The molecule has 15 heavy (non-hydrogen) atoms. The summed E-state index contributed by atoms with van der Waals surface area (Å²) >= 11 is 0. The van der Waals surface area contributed by atoms with Gasteiger partial charge in [0.2, 0.25) is 0 Å². The van der Waals surface area contributed by atoms with Crippen molar-refractivity contribution in [2.45, 2.75) is 77.6 Å². The van der Waals surface area contributed by atoms with E-state index in [2.05, 4.69) is 6.92 Å². The third-order valence-electron chi connectivity index (χ3n) is 2.85. The van der Waals surface area contributed by atoms with E-state index in [1.165, 1.54) is 44.9 Å². The van der Waals surface area contributed by atoms with Crippen LogP contribution in [0.2, 0.25) is 0 Å². The molecule has 1 nitrogen and oxygen atoms in total. The van der Waals surface area contributed by atoms with E-state index in [4.69, 9.17) is 0 Å². The summed E-state index contributed by atoms with van der Waals surface area (Å²) in [4.78, 5) is 11.0. The quantitative estimate of drug-likeness (QED) is 0.453. The number of unbranched alkanes of at least 4 members (excludes halogenated alkanes) is 8. The number of ketones is 1. The van der Waals surface area contributed by atoms with Gasteiger partial charge in [-0.05, 0) is 6.42 Å². The minimum atomic E-state index is 0.422. The van der Waals surface area contributed by atoms with E-state index in [1.54, 1.807) is 0 Å². The monoisotopic (exact) mass is 211 g/mol.